The molecule has 0 atom stereocenters. The minimum atomic E-state index is -0.250. The molecule has 0 aliphatic rings. The summed E-state index contributed by atoms with van der Waals surface area (Å²) in [4.78, 5) is 30.0. The van der Waals surface area contributed by atoms with Gasteiger partial charge in [0.05, 0.1) is 25.7 Å². The van der Waals surface area contributed by atoms with Gasteiger partial charge in [-0.3, -0.25) is 9.59 Å². The number of carbonyl (C=O) groups is 2. The molecule has 8 nitrogen and oxygen atoms in total. The Morgan fingerprint density at radius 2 is 1.65 bits per heavy atom. The van der Waals surface area contributed by atoms with E-state index in [9.17, 15) is 9.59 Å². The number of amides is 2. The second-order valence-electron chi connectivity index (χ2n) is 7.62. The normalized spacial score (nSPS) is 10.4. The molecule has 2 N–H and O–H groups in total. The molecule has 0 bridgehead atoms. The Balaban J connectivity index is 1.23. The molecule has 0 aliphatic carbocycles. The van der Waals surface area contributed by atoms with E-state index in [1.165, 1.54) is 23.1 Å². The van der Waals surface area contributed by atoms with Gasteiger partial charge in [-0.15, -0.1) is 23.1 Å². The SMILES string of the molecule is COc1ccc(-c2csc(NC(=O)CSc3ccc(NC(=O)COc4ccccc4)cc3)n2)cc1OC. The molecule has 4 aromatic rings. The number of hydrogen-bond donors (Lipinski definition) is 2. The smallest absolute Gasteiger partial charge is 0.262 e. The Morgan fingerprint density at radius 3 is 2.38 bits per heavy atom. The molecule has 190 valence electrons. The van der Waals surface area contributed by atoms with Crippen molar-refractivity contribution in [1.29, 1.82) is 0 Å². The average Bonchev–Trinajstić information content (AvgIpc) is 3.40. The molecule has 0 spiro atoms. The lowest BCUT2D eigenvalue weighted by Gasteiger charge is -2.08. The van der Waals surface area contributed by atoms with Crippen molar-refractivity contribution < 1.29 is 23.8 Å². The topological polar surface area (TPSA) is 98.8 Å². The molecular weight excluding hydrogens is 510 g/mol. The van der Waals surface area contributed by atoms with Crippen LogP contribution in [0.5, 0.6) is 17.2 Å². The van der Waals surface area contributed by atoms with Gasteiger partial charge in [-0.25, -0.2) is 4.98 Å². The lowest BCUT2D eigenvalue weighted by molar-refractivity contribution is -0.118. The quantitative estimate of drug-likeness (QED) is 0.242. The van der Waals surface area contributed by atoms with E-state index in [1.54, 1.807) is 38.5 Å². The monoisotopic (exact) mass is 535 g/mol. The summed E-state index contributed by atoms with van der Waals surface area (Å²) in [6.07, 6.45) is 0. The molecule has 10 heteroatoms. The summed E-state index contributed by atoms with van der Waals surface area (Å²) >= 11 is 2.75. The molecule has 0 aliphatic heterocycles. The van der Waals surface area contributed by atoms with Gasteiger partial charge >= 0.3 is 0 Å². The van der Waals surface area contributed by atoms with Crippen LogP contribution < -0.4 is 24.8 Å². The highest BCUT2D eigenvalue weighted by atomic mass is 32.2. The van der Waals surface area contributed by atoms with Gasteiger partial charge in [0.25, 0.3) is 5.91 Å². The number of para-hydroxylation sites is 1. The number of thiazole rings is 1. The molecule has 1 heterocycles. The van der Waals surface area contributed by atoms with E-state index in [0.717, 1.165) is 16.2 Å². The van der Waals surface area contributed by atoms with Crippen LogP contribution >= 0.6 is 23.1 Å². The third-order valence-electron chi connectivity index (χ3n) is 5.05. The summed E-state index contributed by atoms with van der Waals surface area (Å²) in [6, 6.07) is 22.0. The fourth-order valence-electron chi connectivity index (χ4n) is 3.26. The molecule has 0 saturated heterocycles. The van der Waals surface area contributed by atoms with Gasteiger partial charge in [-0.2, -0.15) is 0 Å². The number of benzene rings is 3. The predicted octanol–water partition coefficient (Wildman–Crippen LogP) is 5.58. The number of nitrogens with zero attached hydrogens (tertiary/aromatic N) is 1. The molecular formula is C27H25N3O5S2. The molecule has 4 rings (SSSR count). The number of nitrogens with one attached hydrogen (secondary N) is 2. The van der Waals surface area contributed by atoms with Crippen LogP contribution in [0.1, 0.15) is 0 Å². The van der Waals surface area contributed by atoms with E-state index in [0.29, 0.717) is 28.1 Å². The largest absolute Gasteiger partial charge is 0.493 e. The first-order chi connectivity index (χ1) is 18.0. The number of aromatic nitrogens is 1. The van der Waals surface area contributed by atoms with Crippen molar-refractivity contribution in [1.82, 2.24) is 4.98 Å². The number of thioether (sulfide) groups is 1. The maximum Gasteiger partial charge on any atom is 0.262 e. The minimum Gasteiger partial charge on any atom is -0.493 e. The van der Waals surface area contributed by atoms with E-state index in [4.69, 9.17) is 14.2 Å². The highest BCUT2D eigenvalue weighted by Gasteiger charge is 2.12. The van der Waals surface area contributed by atoms with E-state index < -0.39 is 0 Å². The molecule has 0 saturated carbocycles. The summed E-state index contributed by atoms with van der Waals surface area (Å²) < 4.78 is 16.1. The van der Waals surface area contributed by atoms with Gasteiger partial charge in [-0.1, -0.05) is 18.2 Å². The number of carbonyl (C=O) groups excluding carboxylic acids is 2. The fourth-order valence-corrected chi connectivity index (χ4v) is 4.70. The average molecular weight is 536 g/mol. The lowest BCUT2D eigenvalue weighted by Crippen LogP contribution is -2.20. The molecule has 37 heavy (non-hydrogen) atoms. The van der Waals surface area contributed by atoms with Crippen molar-refractivity contribution in [2.75, 3.05) is 37.2 Å². The van der Waals surface area contributed by atoms with Crippen LogP contribution in [-0.2, 0) is 9.59 Å². The Bertz CT molecular complexity index is 1340. The second kappa shape index (κ2) is 12.8. The van der Waals surface area contributed by atoms with Crippen LogP contribution in [0.25, 0.3) is 11.3 Å². The van der Waals surface area contributed by atoms with Crippen LogP contribution in [0.2, 0.25) is 0 Å². The molecule has 2 amide bonds. The highest BCUT2D eigenvalue weighted by molar-refractivity contribution is 8.00. The van der Waals surface area contributed by atoms with Crippen molar-refractivity contribution in [3.8, 4) is 28.5 Å². The predicted molar refractivity (Wildman–Crippen MR) is 147 cm³/mol. The van der Waals surface area contributed by atoms with Crippen molar-refractivity contribution in [3.63, 3.8) is 0 Å². The second-order valence-corrected chi connectivity index (χ2v) is 9.53. The van der Waals surface area contributed by atoms with Crippen LogP contribution in [0.4, 0.5) is 10.8 Å². The van der Waals surface area contributed by atoms with Crippen molar-refractivity contribution in [2.24, 2.45) is 0 Å². The number of rotatable bonds is 11. The Kier molecular flexibility index (Phi) is 9.01. The zero-order valence-electron chi connectivity index (χ0n) is 20.2. The molecule has 0 radical (unpaired) electrons. The molecule has 3 aromatic carbocycles. The minimum absolute atomic E-state index is 0.0782. The van der Waals surface area contributed by atoms with Crippen LogP contribution in [-0.4, -0.2) is 43.4 Å². The number of ether oxygens (including phenoxy) is 3. The number of hydrogen-bond acceptors (Lipinski definition) is 8. The van der Waals surface area contributed by atoms with E-state index in [2.05, 4.69) is 15.6 Å². The zero-order valence-corrected chi connectivity index (χ0v) is 21.9. The Morgan fingerprint density at radius 1 is 0.892 bits per heavy atom. The van der Waals surface area contributed by atoms with E-state index in [1.807, 2.05) is 53.9 Å². The number of methoxy groups -OCH3 is 2. The maximum absolute atomic E-state index is 12.4. The van der Waals surface area contributed by atoms with Crippen molar-refractivity contribution >= 4 is 45.7 Å². The summed E-state index contributed by atoms with van der Waals surface area (Å²) in [5, 5.41) is 8.03. The van der Waals surface area contributed by atoms with E-state index >= 15 is 0 Å². The summed E-state index contributed by atoms with van der Waals surface area (Å²) in [7, 11) is 3.17. The van der Waals surface area contributed by atoms with E-state index in [-0.39, 0.29) is 24.2 Å². The van der Waals surface area contributed by atoms with Gasteiger partial charge in [0.2, 0.25) is 5.91 Å². The maximum atomic E-state index is 12.4. The summed E-state index contributed by atoms with van der Waals surface area (Å²) in [6.45, 7) is -0.0782. The van der Waals surface area contributed by atoms with Gasteiger partial charge in [-0.05, 0) is 54.6 Å². The third-order valence-corrected chi connectivity index (χ3v) is 6.82. The first kappa shape index (κ1) is 26.1. The zero-order chi connectivity index (χ0) is 26.0. The van der Waals surface area contributed by atoms with Gasteiger partial charge in [0.1, 0.15) is 5.75 Å². The Hall–Kier alpha value is -4.02. The molecule has 0 unspecified atom stereocenters. The van der Waals surface area contributed by atoms with Gasteiger partial charge in [0.15, 0.2) is 23.2 Å². The van der Waals surface area contributed by atoms with Gasteiger partial charge in [0, 0.05) is 21.5 Å². The summed E-state index contributed by atoms with van der Waals surface area (Å²) in [5.41, 5.74) is 2.25. The third kappa shape index (κ3) is 7.48. The van der Waals surface area contributed by atoms with Crippen LogP contribution in [0, 0.1) is 0 Å². The molecule has 1 aromatic heterocycles. The highest BCUT2D eigenvalue weighted by Crippen LogP contribution is 2.33. The van der Waals surface area contributed by atoms with Crippen molar-refractivity contribution in [2.45, 2.75) is 4.90 Å². The lowest BCUT2D eigenvalue weighted by atomic mass is 10.1. The fraction of sp³-hybridized carbons (Fsp3) is 0.148. The first-order valence-electron chi connectivity index (χ1n) is 11.2. The summed E-state index contributed by atoms with van der Waals surface area (Å²) in [5.74, 6) is 1.70. The first-order valence-corrected chi connectivity index (χ1v) is 13.1. The number of anilines is 2. The Labute approximate surface area is 223 Å². The standard InChI is InChI=1S/C27H25N3O5S2/c1-33-23-13-8-18(14-24(23)34-2)22-16-37-27(29-22)30-26(32)17-36-21-11-9-19(10-12-21)28-25(31)15-35-20-6-4-3-5-7-20/h3-14,16H,15,17H2,1-2H3,(H,28,31)(H,29,30,32). The van der Waals surface area contributed by atoms with Crippen LogP contribution in [0.3, 0.4) is 0 Å². The van der Waals surface area contributed by atoms with Crippen LogP contribution in [0.15, 0.2) is 83.1 Å². The van der Waals surface area contributed by atoms with Crippen molar-refractivity contribution in [3.05, 3.63) is 78.2 Å². The van der Waals surface area contributed by atoms with Gasteiger partial charge < -0.3 is 24.8 Å². The molecule has 0 fully saturated rings.